The van der Waals surface area contributed by atoms with E-state index in [-0.39, 0.29) is 28.3 Å². The highest BCUT2D eigenvalue weighted by Gasteiger charge is 2.26. The molecule has 0 radical (unpaired) electrons. The molecule has 3 aromatic rings. The number of aryl methyl sites for hydroxylation is 1. The fourth-order valence-corrected chi connectivity index (χ4v) is 4.36. The maximum atomic E-state index is 13.5. The molecule has 27 heavy (non-hydrogen) atoms. The van der Waals surface area contributed by atoms with Gasteiger partial charge in [0.25, 0.3) is 5.56 Å². The van der Waals surface area contributed by atoms with Crippen molar-refractivity contribution in [3.8, 4) is 5.75 Å². The second-order valence-corrected chi connectivity index (χ2v) is 7.68. The fraction of sp³-hybridized carbons (Fsp3) is 0.476. The third-order valence-electron chi connectivity index (χ3n) is 5.67. The van der Waals surface area contributed by atoms with Crippen molar-refractivity contribution < 1.29 is 4.74 Å². The predicted octanol–water partition coefficient (Wildman–Crippen LogP) is 3.50. The minimum Gasteiger partial charge on any atom is -0.495 e. The zero-order chi connectivity index (χ0) is 19.3. The predicted molar refractivity (Wildman–Crippen MR) is 107 cm³/mol. The molecule has 142 valence electrons. The minimum absolute atomic E-state index is 0.0890. The van der Waals surface area contributed by atoms with Gasteiger partial charge in [-0.25, -0.2) is 4.98 Å². The molecule has 1 fully saturated rings. The van der Waals surface area contributed by atoms with Gasteiger partial charge in [0.05, 0.1) is 18.0 Å². The number of pyridine rings is 1. The van der Waals surface area contributed by atoms with E-state index >= 15 is 0 Å². The van der Waals surface area contributed by atoms with Gasteiger partial charge in [0, 0.05) is 19.0 Å². The Morgan fingerprint density at radius 1 is 1.19 bits per heavy atom. The minimum atomic E-state index is -0.267. The maximum Gasteiger partial charge on any atom is 0.267 e. The SMILES string of the molecule is COc1cccc2c(=O)c3c(=O)n(C4CCCC4)c(C(C)C)nc3n(C)c12. The van der Waals surface area contributed by atoms with Gasteiger partial charge >= 0.3 is 0 Å². The van der Waals surface area contributed by atoms with E-state index in [4.69, 9.17) is 9.72 Å². The van der Waals surface area contributed by atoms with Gasteiger partial charge in [-0.15, -0.1) is 0 Å². The van der Waals surface area contributed by atoms with Crippen LogP contribution >= 0.6 is 0 Å². The monoisotopic (exact) mass is 367 g/mol. The fourth-order valence-electron chi connectivity index (χ4n) is 4.36. The van der Waals surface area contributed by atoms with E-state index in [0.717, 1.165) is 31.5 Å². The molecule has 0 aliphatic heterocycles. The molecule has 1 aliphatic carbocycles. The first kappa shape index (κ1) is 17.8. The molecule has 2 heterocycles. The third-order valence-corrected chi connectivity index (χ3v) is 5.67. The molecular formula is C21H25N3O3. The highest BCUT2D eigenvalue weighted by atomic mass is 16.5. The van der Waals surface area contributed by atoms with E-state index in [1.165, 1.54) is 0 Å². The van der Waals surface area contributed by atoms with Crippen molar-refractivity contribution in [1.82, 2.24) is 14.1 Å². The maximum absolute atomic E-state index is 13.5. The number of para-hydroxylation sites is 1. The van der Waals surface area contributed by atoms with E-state index < -0.39 is 0 Å². The van der Waals surface area contributed by atoms with Crippen LogP contribution in [-0.2, 0) is 7.05 Å². The van der Waals surface area contributed by atoms with Gasteiger partial charge in [0.2, 0.25) is 5.43 Å². The summed E-state index contributed by atoms with van der Waals surface area (Å²) in [5, 5.41) is 0.660. The summed E-state index contributed by atoms with van der Waals surface area (Å²) in [6.45, 7) is 4.08. The lowest BCUT2D eigenvalue weighted by Gasteiger charge is -2.22. The van der Waals surface area contributed by atoms with Crippen LogP contribution in [0.2, 0.25) is 0 Å². The number of aromatic nitrogens is 3. The lowest BCUT2D eigenvalue weighted by atomic mass is 10.1. The summed E-state index contributed by atoms with van der Waals surface area (Å²) in [4.78, 5) is 31.6. The second kappa shape index (κ2) is 6.51. The number of rotatable bonds is 3. The van der Waals surface area contributed by atoms with Crippen LogP contribution in [0.1, 0.15) is 57.3 Å². The number of benzene rings is 1. The summed E-state index contributed by atoms with van der Waals surface area (Å²) in [5.41, 5.74) is 0.621. The first-order chi connectivity index (χ1) is 13.0. The zero-order valence-corrected chi connectivity index (χ0v) is 16.3. The van der Waals surface area contributed by atoms with Crippen LogP contribution < -0.4 is 15.7 Å². The molecule has 0 spiro atoms. The van der Waals surface area contributed by atoms with Crippen LogP contribution in [0, 0.1) is 0 Å². The van der Waals surface area contributed by atoms with E-state index in [9.17, 15) is 9.59 Å². The Labute approximate surface area is 157 Å². The Morgan fingerprint density at radius 3 is 2.52 bits per heavy atom. The van der Waals surface area contributed by atoms with Crippen LogP contribution in [-0.4, -0.2) is 21.2 Å². The highest BCUT2D eigenvalue weighted by molar-refractivity contribution is 5.94. The van der Waals surface area contributed by atoms with Crippen molar-refractivity contribution in [1.29, 1.82) is 0 Å². The van der Waals surface area contributed by atoms with E-state index in [1.807, 2.05) is 31.5 Å². The van der Waals surface area contributed by atoms with E-state index in [2.05, 4.69) is 0 Å². The van der Waals surface area contributed by atoms with Crippen molar-refractivity contribution >= 4 is 21.9 Å². The molecule has 0 unspecified atom stereocenters. The Hall–Kier alpha value is -2.63. The number of ether oxygens (including phenoxy) is 1. The van der Waals surface area contributed by atoms with Crippen LogP contribution in [0.4, 0.5) is 0 Å². The quantitative estimate of drug-likeness (QED) is 0.665. The van der Waals surface area contributed by atoms with Crippen LogP contribution in [0.15, 0.2) is 27.8 Å². The summed E-state index contributed by atoms with van der Waals surface area (Å²) < 4.78 is 9.07. The van der Waals surface area contributed by atoms with Crippen molar-refractivity contribution in [2.75, 3.05) is 7.11 Å². The molecule has 6 nitrogen and oxygen atoms in total. The second-order valence-electron chi connectivity index (χ2n) is 7.68. The summed E-state index contributed by atoms with van der Waals surface area (Å²) in [7, 11) is 3.41. The average molecular weight is 367 g/mol. The number of fused-ring (bicyclic) bond motifs is 2. The van der Waals surface area contributed by atoms with Gasteiger partial charge < -0.3 is 9.30 Å². The van der Waals surface area contributed by atoms with Gasteiger partial charge in [-0.2, -0.15) is 0 Å². The lowest BCUT2D eigenvalue weighted by molar-refractivity contribution is 0.418. The zero-order valence-electron chi connectivity index (χ0n) is 16.3. The standard InChI is InChI=1S/C21H25N3O3/c1-12(2)19-22-20-16(21(26)24(19)13-8-5-6-9-13)18(25)14-10-7-11-15(27-4)17(14)23(20)3/h7,10-13H,5-6,8-9H2,1-4H3. The molecule has 1 saturated carbocycles. The molecule has 6 heteroatoms. The first-order valence-electron chi connectivity index (χ1n) is 9.57. The Bertz CT molecular complexity index is 1150. The average Bonchev–Trinajstić information content (AvgIpc) is 3.18. The first-order valence-corrected chi connectivity index (χ1v) is 9.57. The summed E-state index contributed by atoms with van der Waals surface area (Å²) in [5.74, 6) is 1.44. The van der Waals surface area contributed by atoms with Gasteiger partial charge in [-0.1, -0.05) is 32.8 Å². The topological polar surface area (TPSA) is 66.1 Å². The molecule has 0 atom stereocenters. The van der Waals surface area contributed by atoms with Gasteiger partial charge in [-0.3, -0.25) is 14.2 Å². The van der Waals surface area contributed by atoms with Crippen LogP contribution in [0.5, 0.6) is 5.75 Å². The van der Waals surface area contributed by atoms with Crippen molar-refractivity contribution in [3.63, 3.8) is 0 Å². The number of hydrogen-bond donors (Lipinski definition) is 0. The Kier molecular flexibility index (Phi) is 4.29. The molecule has 0 saturated heterocycles. The van der Waals surface area contributed by atoms with Crippen molar-refractivity contribution in [3.05, 3.63) is 44.6 Å². The van der Waals surface area contributed by atoms with Gasteiger partial charge in [0.15, 0.2) is 5.65 Å². The molecule has 1 aromatic carbocycles. The molecule has 1 aliphatic rings. The van der Waals surface area contributed by atoms with Gasteiger partial charge in [0.1, 0.15) is 17.0 Å². The summed E-state index contributed by atoms with van der Waals surface area (Å²) >= 11 is 0. The molecule has 4 rings (SSSR count). The highest BCUT2D eigenvalue weighted by Crippen LogP contribution is 2.32. The lowest BCUT2D eigenvalue weighted by Crippen LogP contribution is -2.33. The molecule has 2 aromatic heterocycles. The molecular weight excluding hydrogens is 342 g/mol. The van der Waals surface area contributed by atoms with E-state index in [0.29, 0.717) is 22.3 Å². The smallest absolute Gasteiger partial charge is 0.267 e. The Morgan fingerprint density at radius 2 is 1.89 bits per heavy atom. The van der Waals surface area contributed by atoms with Crippen LogP contribution in [0.3, 0.4) is 0 Å². The molecule has 0 bridgehead atoms. The summed E-state index contributed by atoms with van der Waals surface area (Å²) in [6, 6.07) is 5.48. The molecule has 0 amide bonds. The molecule has 0 N–H and O–H groups in total. The number of nitrogens with zero attached hydrogens (tertiary/aromatic N) is 3. The normalized spacial score (nSPS) is 15.3. The largest absolute Gasteiger partial charge is 0.495 e. The number of hydrogen-bond acceptors (Lipinski definition) is 4. The van der Waals surface area contributed by atoms with Crippen molar-refractivity contribution in [2.45, 2.75) is 51.5 Å². The number of methoxy groups -OCH3 is 1. The summed E-state index contributed by atoms with van der Waals surface area (Å²) in [6.07, 6.45) is 4.16. The Balaban J connectivity index is 2.21. The van der Waals surface area contributed by atoms with Crippen LogP contribution in [0.25, 0.3) is 21.9 Å². The third kappa shape index (κ3) is 2.58. The van der Waals surface area contributed by atoms with E-state index in [1.54, 1.807) is 23.8 Å². The van der Waals surface area contributed by atoms with Crippen molar-refractivity contribution in [2.24, 2.45) is 7.05 Å². The van der Waals surface area contributed by atoms with Gasteiger partial charge in [-0.05, 0) is 25.0 Å².